The average Bonchev–Trinajstić information content (AvgIpc) is 2.80. The highest BCUT2D eigenvalue weighted by Crippen LogP contribution is 2.03. The van der Waals surface area contributed by atoms with E-state index in [2.05, 4.69) is 44.6 Å². The molecule has 0 atom stereocenters. The summed E-state index contributed by atoms with van der Waals surface area (Å²) < 4.78 is 8.84. The van der Waals surface area contributed by atoms with Gasteiger partial charge in [0.05, 0.1) is 13.6 Å². The summed E-state index contributed by atoms with van der Waals surface area (Å²) in [6, 6.07) is 0. The number of rotatable bonds is 3. The molecule has 1 aromatic heterocycles. The van der Waals surface area contributed by atoms with E-state index < -0.39 is 6.35 Å². The Morgan fingerprint density at radius 2 is 2.06 bits per heavy atom. The predicted molar refractivity (Wildman–Crippen MR) is 69.1 cm³/mol. The van der Waals surface area contributed by atoms with Gasteiger partial charge in [-0.3, -0.25) is 0 Å². The van der Waals surface area contributed by atoms with E-state index in [1.165, 1.54) is 7.11 Å². The number of nitriles is 2. The van der Waals surface area contributed by atoms with Crippen LogP contribution in [0.3, 0.4) is 0 Å². The van der Waals surface area contributed by atoms with E-state index in [0.717, 1.165) is 6.54 Å². The molecule has 92 valence electrons. The summed E-state index contributed by atoms with van der Waals surface area (Å²) in [4.78, 5) is 0. The van der Waals surface area contributed by atoms with Crippen LogP contribution in [0.25, 0.3) is 0 Å². The third-order valence-corrected chi connectivity index (χ3v) is 3.14. The van der Waals surface area contributed by atoms with E-state index in [0.29, 0.717) is 0 Å². The minimum absolute atomic E-state index is 0.274. The van der Waals surface area contributed by atoms with Crippen LogP contribution in [0.2, 0.25) is 0 Å². The molecule has 0 aliphatic heterocycles. The maximum absolute atomic E-state index is 8.38. The lowest BCUT2D eigenvalue weighted by atomic mass is 9.45. The lowest BCUT2D eigenvalue weighted by Gasteiger charge is -2.19. The van der Waals surface area contributed by atoms with Gasteiger partial charge < -0.3 is 4.65 Å². The van der Waals surface area contributed by atoms with Crippen LogP contribution in [-0.4, -0.2) is 23.3 Å². The van der Waals surface area contributed by atoms with Crippen molar-refractivity contribution in [2.45, 2.75) is 13.5 Å². The van der Waals surface area contributed by atoms with Gasteiger partial charge in [-0.25, -0.2) is 19.7 Å². The van der Waals surface area contributed by atoms with Gasteiger partial charge in [-0.05, 0) is 14.0 Å². The predicted octanol–water partition coefficient (Wildman–Crippen LogP) is 0.970. The molecular formula is C10H16BBrN4O. The molecule has 0 aliphatic carbocycles. The van der Waals surface area contributed by atoms with Gasteiger partial charge in [0.25, 0.3) is 0 Å². The number of halogens is 1. The molecule has 1 rings (SSSR count). The highest BCUT2D eigenvalue weighted by atomic mass is 79.9. The van der Waals surface area contributed by atoms with Crippen LogP contribution >= 0.6 is 15.9 Å². The summed E-state index contributed by atoms with van der Waals surface area (Å²) >= 11 is 3.01. The van der Waals surface area contributed by atoms with Gasteiger partial charge in [0.2, 0.25) is 6.33 Å². The van der Waals surface area contributed by atoms with E-state index in [9.17, 15) is 0 Å². The molecule has 1 aromatic rings. The molecule has 5 nitrogen and oxygen atoms in total. The van der Waals surface area contributed by atoms with Gasteiger partial charge in [0.15, 0.2) is 0 Å². The van der Waals surface area contributed by atoms with Gasteiger partial charge in [0, 0.05) is 0 Å². The monoisotopic (exact) mass is 298 g/mol. The lowest BCUT2D eigenvalue weighted by molar-refractivity contribution is -0.693. The summed E-state index contributed by atoms with van der Waals surface area (Å²) in [7, 11) is 3.37. The Balaban J connectivity index is 0.000000302. The van der Waals surface area contributed by atoms with Gasteiger partial charge in [0.1, 0.15) is 12.4 Å². The van der Waals surface area contributed by atoms with Crippen molar-refractivity contribution >= 4 is 22.3 Å². The largest absolute Gasteiger partial charge is 0.570 e. The summed E-state index contributed by atoms with van der Waals surface area (Å²) in [6.07, 6.45) is 4.23. The SMILES string of the molecule is CC[n+]1ccn(C)c1.CO[B-](C#N)(C#N)CBr. The van der Waals surface area contributed by atoms with Gasteiger partial charge in [-0.15, -0.1) is 27.9 Å². The summed E-state index contributed by atoms with van der Waals surface area (Å²) in [5.74, 6) is 3.59. The van der Waals surface area contributed by atoms with E-state index in [4.69, 9.17) is 10.5 Å². The first kappa shape index (κ1) is 15.7. The highest BCUT2D eigenvalue weighted by Gasteiger charge is 2.21. The summed E-state index contributed by atoms with van der Waals surface area (Å²) in [6.45, 7) is 3.18. The smallest absolute Gasteiger partial charge is 0.324 e. The molecule has 0 saturated carbocycles. The van der Waals surface area contributed by atoms with Crippen molar-refractivity contribution in [2.24, 2.45) is 7.05 Å². The van der Waals surface area contributed by atoms with Crippen LogP contribution in [0.15, 0.2) is 18.7 Å². The Morgan fingerprint density at radius 3 is 2.18 bits per heavy atom. The third-order valence-electron chi connectivity index (χ3n) is 2.23. The van der Waals surface area contributed by atoms with Crippen molar-refractivity contribution in [1.82, 2.24) is 4.57 Å². The van der Waals surface area contributed by atoms with E-state index in [1.807, 2.05) is 17.8 Å². The Kier molecular flexibility index (Phi) is 7.28. The molecule has 0 saturated heterocycles. The fourth-order valence-electron chi connectivity index (χ4n) is 0.955. The van der Waals surface area contributed by atoms with Crippen molar-refractivity contribution in [3.05, 3.63) is 18.7 Å². The number of alkyl halides is 1. The molecule has 0 aliphatic rings. The second kappa shape index (κ2) is 7.89. The zero-order valence-corrected chi connectivity index (χ0v) is 11.9. The standard InChI is InChI=1S/C6H11N2.C4H5BBrN2O/c1-3-8-5-4-7(2)6-8;1-9-5(2-6,3-7)4-8/h4-6H,3H2,1-2H3;2H2,1H3/q+1;-1. The molecule has 0 fully saturated rings. The summed E-state index contributed by atoms with van der Waals surface area (Å²) in [5, 5.41) is 17.0. The Bertz CT molecular complexity index is 401. The van der Waals surface area contributed by atoms with Crippen LogP contribution in [-0.2, 0) is 18.2 Å². The third kappa shape index (κ3) is 5.03. The molecule has 0 aromatic carbocycles. The molecule has 1 heterocycles. The zero-order chi connectivity index (χ0) is 13.3. The number of aromatic nitrogens is 2. The van der Waals surface area contributed by atoms with Crippen LogP contribution in [0.1, 0.15) is 6.92 Å². The number of aryl methyl sites for hydroxylation is 2. The molecule has 0 spiro atoms. The minimum Gasteiger partial charge on any atom is -0.570 e. The fraction of sp³-hybridized carbons (Fsp3) is 0.500. The number of hydrogen-bond acceptors (Lipinski definition) is 3. The Morgan fingerprint density at radius 1 is 1.47 bits per heavy atom. The molecule has 7 heteroatoms. The van der Waals surface area contributed by atoms with Crippen molar-refractivity contribution in [3.63, 3.8) is 0 Å². The number of hydrogen-bond donors (Lipinski definition) is 0. The highest BCUT2D eigenvalue weighted by molar-refractivity contribution is 9.09. The molecule has 0 bridgehead atoms. The first-order valence-electron chi connectivity index (χ1n) is 5.18. The first-order valence-corrected chi connectivity index (χ1v) is 6.30. The van der Waals surface area contributed by atoms with E-state index in [1.54, 1.807) is 11.9 Å². The average molecular weight is 299 g/mol. The van der Waals surface area contributed by atoms with Crippen molar-refractivity contribution in [2.75, 3.05) is 12.3 Å². The van der Waals surface area contributed by atoms with Crippen LogP contribution in [0.4, 0.5) is 0 Å². The second-order valence-electron chi connectivity index (χ2n) is 3.51. The zero-order valence-electron chi connectivity index (χ0n) is 10.3. The quantitative estimate of drug-likeness (QED) is 0.474. The number of imidazole rings is 1. The normalized spacial score (nSPS) is 9.76. The van der Waals surface area contributed by atoms with E-state index in [-0.39, 0.29) is 5.23 Å². The van der Waals surface area contributed by atoms with Crippen molar-refractivity contribution in [3.8, 4) is 11.9 Å². The molecule has 0 radical (unpaired) electrons. The van der Waals surface area contributed by atoms with E-state index >= 15 is 0 Å². The van der Waals surface area contributed by atoms with Gasteiger partial charge in [-0.1, -0.05) is 5.23 Å². The lowest BCUT2D eigenvalue weighted by Crippen LogP contribution is -2.36. The van der Waals surface area contributed by atoms with Crippen LogP contribution < -0.4 is 4.57 Å². The maximum atomic E-state index is 8.38. The first-order chi connectivity index (χ1) is 8.07. The molecule has 0 unspecified atom stereocenters. The van der Waals surface area contributed by atoms with Gasteiger partial charge in [-0.2, -0.15) is 0 Å². The van der Waals surface area contributed by atoms with Gasteiger partial charge >= 0.3 is 6.35 Å². The van der Waals surface area contributed by atoms with Crippen LogP contribution in [0, 0.1) is 22.5 Å². The Hall–Kier alpha value is -1.31. The Labute approximate surface area is 110 Å². The molecule has 17 heavy (non-hydrogen) atoms. The minimum atomic E-state index is -1.92. The molecular weight excluding hydrogens is 283 g/mol. The second-order valence-corrected chi connectivity index (χ2v) is 4.16. The fourth-order valence-corrected chi connectivity index (χ4v) is 1.51. The topological polar surface area (TPSA) is 65.6 Å². The maximum Gasteiger partial charge on any atom is 0.324 e. The molecule has 0 N–H and O–H groups in total. The molecule has 0 amide bonds. The van der Waals surface area contributed by atoms with Crippen LogP contribution in [0.5, 0.6) is 0 Å². The number of nitrogens with zero attached hydrogens (tertiary/aromatic N) is 4. The summed E-state index contributed by atoms with van der Waals surface area (Å²) in [5.41, 5.74) is 0. The van der Waals surface area contributed by atoms with Crippen molar-refractivity contribution < 1.29 is 9.22 Å². The van der Waals surface area contributed by atoms with Crippen molar-refractivity contribution in [1.29, 1.82) is 10.5 Å².